The van der Waals surface area contributed by atoms with Crippen molar-refractivity contribution in [3.8, 4) is 11.1 Å². The fraction of sp³-hybridized carbons (Fsp3) is 0.154. The Kier molecular flexibility index (Phi) is 3.21. The lowest BCUT2D eigenvalue weighted by atomic mass is 10.1. The predicted octanol–water partition coefficient (Wildman–Crippen LogP) is 3.35. The molecule has 0 radical (unpaired) electrons. The van der Waals surface area contributed by atoms with E-state index in [4.69, 9.17) is 17.3 Å². The first kappa shape index (κ1) is 14.6. The van der Waals surface area contributed by atoms with Crippen molar-refractivity contribution in [1.29, 1.82) is 0 Å². The summed E-state index contributed by atoms with van der Waals surface area (Å²) in [5.74, 6) is -1.46. The van der Waals surface area contributed by atoms with E-state index in [-0.39, 0.29) is 11.6 Å². The van der Waals surface area contributed by atoms with Gasteiger partial charge in [-0.3, -0.25) is 0 Å². The Morgan fingerprint density at radius 2 is 1.95 bits per heavy atom. The molecular weight excluding hydrogens is 319 g/mol. The van der Waals surface area contributed by atoms with Gasteiger partial charge in [0.25, 0.3) is 11.6 Å². The average molecular weight is 328 g/mol. The monoisotopic (exact) mass is 327 g/mol. The molecule has 5 nitrogen and oxygen atoms in total. The summed E-state index contributed by atoms with van der Waals surface area (Å²) < 4.78 is 39.0. The van der Waals surface area contributed by atoms with Crippen LogP contribution in [-0.2, 0) is 6.18 Å². The first-order valence-corrected chi connectivity index (χ1v) is 6.51. The quantitative estimate of drug-likeness (QED) is 0.744. The second-order valence-corrected chi connectivity index (χ2v) is 5.05. The Balaban J connectivity index is 2.28. The molecule has 0 atom stereocenters. The number of hydrogen-bond donors (Lipinski definition) is 1. The molecule has 0 saturated carbocycles. The summed E-state index contributed by atoms with van der Waals surface area (Å²) in [6, 6.07) is 6.78. The highest BCUT2D eigenvalue weighted by Crippen LogP contribution is 2.32. The van der Waals surface area contributed by atoms with Crippen LogP contribution in [0.5, 0.6) is 0 Å². The molecule has 3 aromatic rings. The minimum atomic E-state index is -4.66. The summed E-state index contributed by atoms with van der Waals surface area (Å²) in [6.07, 6.45) is -4.66. The van der Waals surface area contributed by atoms with Gasteiger partial charge in [-0.05, 0) is 24.6 Å². The standard InChI is InChI=1S/C13H9ClF3N5/c1-6-9(7-3-2-4-8(14)5-7)10(18)22-12(19-6)20-11(21-22)13(15,16)17/h2-5H,18H2,1H3. The molecule has 2 aromatic heterocycles. The van der Waals surface area contributed by atoms with Crippen LogP contribution in [0.25, 0.3) is 16.9 Å². The Labute approximate surface area is 127 Å². The number of anilines is 1. The number of fused-ring (bicyclic) bond motifs is 1. The Morgan fingerprint density at radius 1 is 1.23 bits per heavy atom. The molecule has 0 bridgehead atoms. The lowest BCUT2D eigenvalue weighted by Crippen LogP contribution is -2.09. The third-order valence-electron chi connectivity index (χ3n) is 3.07. The van der Waals surface area contributed by atoms with E-state index in [0.717, 1.165) is 4.52 Å². The molecule has 0 fully saturated rings. The van der Waals surface area contributed by atoms with Gasteiger partial charge in [0.2, 0.25) is 0 Å². The number of rotatable bonds is 1. The van der Waals surface area contributed by atoms with Crippen LogP contribution in [0.15, 0.2) is 24.3 Å². The summed E-state index contributed by atoms with van der Waals surface area (Å²) in [5.41, 5.74) is 7.51. The maximum Gasteiger partial charge on any atom is 0.453 e. The lowest BCUT2D eigenvalue weighted by Gasteiger charge is -2.10. The summed E-state index contributed by atoms with van der Waals surface area (Å²) >= 11 is 5.94. The maximum atomic E-state index is 12.7. The van der Waals surface area contributed by atoms with Crippen LogP contribution in [0.1, 0.15) is 11.5 Å². The number of nitrogen functional groups attached to an aromatic ring is 1. The first-order valence-electron chi connectivity index (χ1n) is 6.13. The summed E-state index contributed by atoms with van der Waals surface area (Å²) in [6.45, 7) is 1.63. The van der Waals surface area contributed by atoms with E-state index in [9.17, 15) is 13.2 Å². The van der Waals surface area contributed by atoms with Crippen molar-refractivity contribution in [1.82, 2.24) is 19.6 Å². The van der Waals surface area contributed by atoms with Crippen LogP contribution < -0.4 is 5.73 Å². The van der Waals surface area contributed by atoms with E-state index >= 15 is 0 Å². The minimum absolute atomic E-state index is 0.0211. The highest BCUT2D eigenvalue weighted by Gasteiger charge is 2.37. The van der Waals surface area contributed by atoms with Crippen LogP contribution >= 0.6 is 11.6 Å². The number of hydrogen-bond acceptors (Lipinski definition) is 4. The van der Waals surface area contributed by atoms with Gasteiger partial charge in [0.15, 0.2) is 0 Å². The average Bonchev–Trinajstić information content (AvgIpc) is 2.83. The SMILES string of the molecule is Cc1nc2nc(C(F)(F)F)nn2c(N)c1-c1cccc(Cl)c1. The molecule has 1 aromatic carbocycles. The number of aromatic nitrogens is 4. The van der Waals surface area contributed by atoms with Crippen molar-refractivity contribution in [3.63, 3.8) is 0 Å². The van der Waals surface area contributed by atoms with Crippen LogP contribution in [-0.4, -0.2) is 19.6 Å². The molecule has 2 heterocycles. The second-order valence-electron chi connectivity index (χ2n) is 4.61. The number of halogens is 4. The van der Waals surface area contributed by atoms with Crippen molar-refractivity contribution in [2.24, 2.45) is 0 Å². The molecule has 0 aliphatic rings. The molecule has 0 aliphatic carbocycles. The van der Waals surface area contributed by atoms with E-state index in [1.807, 2.05) is 0 Å². The number of aryl methyl sites for hydroxylation is 1. The van der Waals surface area contributed by atoms with Gasteiger partial charge in [-0.1, -0.05) is 23.7 Å². The summed E-state index contributed by atoms with van der Waals surface area (Å²) in [7, 11) is 0. The molecule has 0 saturated heterocycles. The number of benzene rings is 1. The van der Waals surface area contributed by atoms with Crippen molar-refractivity contribution >= 4 is 23.2 Å². The number of alkyl halides is 3. The summed E-state index contributed by atoms with van der Waals surface area (Å²) in [4.78, 5) is 7.41. The topological polar surface area (TPSA) is 69.1 Å². The Bertz CT molecular complexity index is 872. The largest absolute Gasteiger partial charge is 0.453 e. The van der Waals surface area contributed by atoms with Crippen LogP contribution in [0.4, 0.5) is 19.0 Å². The van der Waals surface area contributed by atoms with Crippen LogP contribution in [0.3, 0.4) is 0 Å². The highest BCUT2D eigenvalue weighted by atomic mass is 35.5. The normalized spacial score (nSPS) is 12.0. The van der Waals surface area contributed by atoms with E-state index in [2.05, 4.69) is 15.1 Å². The van der Waals surface area contributed by atoms with E-state index in [1.165, 1.54) is 0 Å². The Morgan fingerprint density at radius 3 is 2.59 bits per heavy atom. The van der Waals surface area contributed by atoms with Gasteiger partial charge in [0.1, 0.15) is 5.82 Å². The summed E-state index contributed by atoms with van der Waals surface area (Å²) in [5, 5.41) is 3.87. The molecule has 9 heteroatoms. The van der Waals surface area contributed by atoms with Crippen molar-refractivity contribution in [2.45, 2.75) is 13.1 Å². The molecule has 0 amide bonds. The van der Waals surface area contributed by atoms with Gasteiger partial charge in [0, 0.05) is 10.6 Å². The van der Waals surface area contributed by atoms with E-state index in [1.54, 1.807) is 31.2 Å². The van der Waals surface area contributed by atoms with Gasteiger partial charge >= 0.3 is 6.18 Å². The smallest absolute Gasteiger partial charge is 0.383 e. The lowest BCUT2D eigenvalue weighted by molar-refractivity contribution is -0.144. The molecule has 0 unspecified atom stereocenters. The molecule has 2 N–H and O–H groups in total. The molecule has 3 rings (SSSR count). The molecule has 0 spiro atoms. The zero-order valence-electron chi connectivity index (χ0n) is 11.2. The van der Waals surface area contributed by atoms with E-state index in [0.29, 0.717) is 21.8 Å². The van der Waals surface area contributed by atoms with Crippen LogP contribution in [0.2, 0.25) is 5.02 Å². The van der Waals surface area contributed by atoms with Gasteiger partial charge in [-0.25, -0.2) is 4.98 Å². The Hall–Kier alpha value is -2.35. The van der Waals surface area contributed by atoms with E-state index < -0.39 is 12.0 Å². The zero-order chi connectivity index (χ0) is 16.1. The fourth-order valence-electron chi connectivity index (χ4n) is 2.16. The van der Waals surface area contributed by atoms with Gasteiger partial charge in [-0.2, -0.15) is 22.7 Å². The van der Waals surface area contributed by atoms with Crippen molar-refractivity contribution < 1.29 is 13.2 Å². The van der Waals surface area contributed by atoms with Crippen LogP contribution in [0, 0.1) is 6.92 Å². The number of nitrogens with two attached hydrogens (primary N) is 1. The molecule has 0 aliphatic heterocycles. The molecule has 22 heavy (non-hydrogen) atoms. The first-order chi connectivity index (χ1) is 10.3. The minimum Gasteiger partial charge on any atom is -0.383 e. The van der Waals surface area contributed by atoms with Gasteiger partial charge in [0.05, 0.1) is 5.69 Å². The van der Waals surface area contributed by atoms with Gasteiger partial charge < -0.3 is 5.73 Å². The third kappa shape index (κ3) is 2.35. The van der Waals surface area contributed by atoms with Crippen molar-refractivity contribution in [2.75, 3.05) is 5.73 Å². The third-order valence-corrected chi connectivity index (χ3v) is 3.31. The number of nitrogens with zero attached hydrogens (tertiary/aromatic N) is 4. The second kappa shape index (κ2) is 4.84. The highest BCUT2D eigenvalue weighted by molar-refractivity contribution is 6.30. The molecule has 114 valence electrons. The zero-order valence-corrected chi connectivity index (χ0v) is 11.9. The molecular formula is C13H9ClF3N5. The van der Waals surface area contributed by atoms with Crippen molar-refractivity contribution in [3.05, 3.63) is 40.8 Å². The maximum absolute atomic E-state index is 12.7. The van der Waals surface area contributed by atoms with Gasteiger partial charge in [-0.15, -0.1) is 5.10 Å². The predicted molar refractivity (Wildman–Crippen MR) is 75.4 cm³/mol. The fourth-order valence-corrected chi connectivity index (χ4v) is 2.35.